The van der Waals surface area contributed by atoms with E-state index in [4.69, 9.17) is 0 Å². The van der Waals surface area contributed by atoms with Gasteiger partial charge in [0.15, 0.2) is 0 Å². The van der Waals surface area contributed by atoms with Crippen molar-refractivity contribution in [2.45, 2.75) is 69.9 Å². The van der Waals surface area contributed by atoms with Gasteiger partial charge in [-0.3, -0.25) is 19.4 Å². The smallest absolute Gasteiger partial charge is 0.274 e. The van der Waals surface area contributed by atoms with E-state index < -0.39 is 0 Å². The molecule has 1 N–H and O–H groups in total. The number of hydrogen-bond acceptors (Lipinski definition) is 6. The maximum atomic E-state index is 12.7. The Morgan fingerprint density at radius 3 is 2.23 bits per heavy atom. The minimum Gasteiger partial charge on any atom is -0.353 e. The fourth-order valence-electron chi connectivity index (χ4n) is 5.74. The van der Waals surface area contributed by atoms with Crippen molar-refractivity contribution in [3.63, 3.8) is 0 Å². The van der Waals surface area contributed by atoms with Crippen molar-refractivity contribution in [2.24, 2.45) is 0 Å². The van der Waals surface area contributed by atoms with Crippen molar-refractivity contribution >= 4 is 17.7 Å². The van der Waals surface area contributed by atoms with Crippen LogP contribution in [0.2, 0.25) is 0 Å². The summed E-state index contributed by atoms with van der Waals surface area (Å²) < 4.78 is 0. The van der Waals surface area contributed by atoms with E-state index in [2.05, 4.69) is 64.6 Å². The van der Waals surface area contributed by atoms with E-state index >= 15 is 0 Å². The molecule has 0 unspecified atom stereocenters. The number of carbonyl (C=O) groups excluding carboxylic acids is 3. The van der Waals surface area contributed by atoms with Crippen molar-refractivity contribution < 1.29 is 14.4 Å². The Labute approximate surface area is 232 Å². The molecular formula is C30H42N6O3. The average molecular weight is 535 g/mol. The van der Waals surface area contributed by atoms with Crippen LogP contribution < -0.4 is 5.32 Å². The topological polar surface area (TPSA) is 98.7 Å². The molecule has 0 spiro atoms. The third-order valence-corrected chi connectivity index (χ3v) is 8.32. The van der Waals surface area contributed by atoms with E-state index in [1.165, 1.54) is 11.8 Å². The highest BCUT2D eigenvalue weighted by molar-refractivity contribution is 5.92. The van der Waals surface area contributed by atoms with Crippen LogP contribution in [0.3, 0.4) is 0 Å². The van der Waals surface area contributed by atoms with Crippen molar-refractivity contribution in [2.75, 3.05) is 40.3 Å². The van der Waals surface area contributed by atoms with Crippen LogP contribution in [0.1, 0.15) is 66.7 Å². The number of carbonyl (C=O) groups is 3. The predicted octanol–water partition coefficient (Wildman–Crippen LogP) is 2.84. The lowest BCUT2D eigenvalue weighted by molar-refractivity contribution is -0.132. The fraction of sp³-hybridized carbons (Fsp3) is 0.567. The maximum absolute atomic E-state index is 12.7. The highest BCUT2D eigenvalue weighted by atomic mass is 16.2. The van der Waals surface area contributed by atoms with Gasteiger partial charge in [0.1, 0.15) is 5.69 Å². The fourth-order valence-corrected chi connectivity index (χ4v) is 5.74. The zero-order chi connectivity index (χ0) is 27.8. The third kappa shape index (κ3) is 7.62. The van der Waals surface area contributed by atoms with E-state index in [1.54, 1.807) is 16.0 Å². The molecule has 9 heteroatoms. The number of aryl methyl sites for hydroxylation is 1. The molecule has 4 rings (SSSR count). The Morgan fingerprint density at radius 1 is 0.949 bits per heavy atom. The lowest BCUT2D eigenvalue weighted by Crippen LogP contribution is -2.52. The Hall–Kier alpha value is -3.33. The number of nitrogens with one attached hydrogen (secondary N) is 1. The molecule has 1 aliphatic carbocycles. The summed E-state index contributed by atoms with van der Waals surface area (Å²) in [5.74, 6) is -0.0842. The Balaban J connectivity index is 1.14. The lowest BCUT2D eigenvalue weighted by Gasteiger charge is -2.45. The molecule has 1 saturated heterocycles. The molecule has 1 saturated carbocycles. The number of amides is 3. The molecule has 1 aliphatic heterocycles. The van der Waals surface area contributed by atoms with Crippen LogP contribution in [-0.2, 0) is 16.0 Å². The van der Waals surface area contributed by atoms with E-state index in [0.717, 1.165) is 37.8 Å². The number of nitrogens with zero attached hydrogens (tertiary/aromatic N) is 5. The number of aromatic nitrogens is 2. The van der Waals surface area contributed by atoms with Crippen LogP contribution in [0.4, 0.5) is 0 Å². The molecule has 3 amide bonds. The molecule has 1 aromatic heterocycles. The van der Waals surface area contributed by atoms with E-state index in [-0.39, 0.29) is 29.3 Å². The number of rotatable bonds is 9. The number of likely N-dealkylation sites (N-methyl/N-ethyl adjacent to an activating group) is 1. The zero-order valence-electron chi connectivity index (χ0n) is 23.6. The highest BCUT2D eigenvalue weighted by Gasteiger charge is 2.37. The summed E-state index contributed by atoms with van der Waals surface area (Å²) in [7, 11) is 4.32. The summed E-state index contributed by atoms with van der Waals surface area (Å²) in [6.45, 7) is 3.76. The van der Waals surface area contributed by atoms with Gasteiger partial charge >= 0.3 is 0 Å². The van der Waals surface area contributed by atoms with Gasteiger partial charge in [0.05, 0.1) is 11.9 Å². The van der Waals surface area contributed by atoms with Crippen LogP contribution in [0.25, 0.3) is 0 Å². The molecule has 1 aromatic carbocycles. The second-order valence-corrected chi connectivity index (χ2v) is 11.2. The first kappa shape index (κ1) is 28.7. The Morgan fingerprint density at radius 2 is 1.62 bits per heavy atom. The van der Waals surface area contributed by atoms with Gasteiger partial charge in [0.25, 0.3) is 5.91 Å². The van der Waals surface area contributed by atoms with Gasteiger partial charge in [-0.15, -0.1) is 0 Å². The van der Waals surface area contributed by atoms with E-state index in [0.29, 0.717) is 51.1 Å². The van der Waals surface area contributed by atoms with E-state index in [1.807, 2.05) is 6.92 Å². The van der Waals surface area contributed by atoms with Gasteiger partial charge in [-0.25, -0.2) is 4.98 Å². The van der Waals surface area contributed by atoms with Crippen LogP contribution in [-0.4, -0.2) is 94.2 Å². The summed E-state index contributed by atoms with van der Waals surface area (Å²) in [5.41, 5.74) is 2.57. The summed E-state index contributed by atoms with van der Waals surface area (Å²) in [6.07, 6.45) is 9.35. The first-order valence-electron chi connectivity index (χ1n) is 14.1. The first-order valence-corrected chi connectivity index (χ1v) is 14.1. The normalized spacial score (nSPS) is 21.6. The predicted molar refractivity (Wildman–Crippen MR) is 150 cm³/mol. The summed E-state index contributed by atoms with van der Waals surface area (Å²) in [4.78, 5) is 52.1. The third-order valence-electron chi connectivity index (χ3n) is 8.32. The molecule has 9 nitrogen and oxygen atoms in total. The summed E-state index contributed by atoms with van der Waals surface area (Å²) in [5, 5.41) is 3.21. The second-order valence-electron chi connectivity index (χ2n) is 11.2. The molecule has 0 bridgehead atoms. The molecule has 0 radical (unpaired) electrons. The standard InChI is InChI=1S/C30H42N6O3/c1-23-21-32-26(22-31-23)29(39)36-18-16-35(17-19-36)28(38)11-7-10-27(37)33-25-12-14-30(15-13-25,34(2)3)20-24-8-5-4-6-9-24/h4-6,8-9,21-22,25H,7,10-20H2,1-3H3,(H,33,37). The van der Waals surface area contributed by atoms with Gasteiger partial charge in [0, 0.05) is 56.8 Å². The number of benzene rings is 1. The minimum atomic E-state index is -0.156. The van der Waals surface area contributed by atoms with E-state index in [9.17, 15) is 14.4 Å². The molecule has 39 heavy (non-hydrogen) atoms. The maximum Gasteiger partial charge on any atom is 0.274 e. The molecule has 2 heterocycles. The molecule has 2 aromatic rings. The molecule has 2 fully saturated rings. The summed E-state index contributed by atoms with van der Waals surface area (Å²) >= 11 is 0. The van der Waals surface area contributed by atoms with Gasteiger partial charge in [-0.1, -0.05) is 30.3 Å². The van der Waals surface area contributed by atoms with Crippen molar-refractivity contribution in [1.82, 2.24) is 30.0 Å². The average Bonchev–Trinajstić information content (AvgIpc) is 2.94. The summed E-state index contributed by atoms with van der Waals surface area (Å²) in [6, 6.07) is 10.8. The van der Waals surface area contributed by atoms with Crippen LogP contribution in [0.5, 0.6) is 0 Å². The van der Waals surface area contributed by atoms with Crippen molar-refractivity contribution in [3.05, 3.63) is 59.7 Å². The van der Waals surface area contributed by atoms with Crippen molar-refractivity contribution in [1.29, 1.82) is 0 Å². The quantitative estimate of drug-likeness (QED) is 0.531. The first-order chi connectivity index (χ1) is 18.8. The number of hydrogen-bond donors (Lipinski definition) is 1. The van der Waals surface area contributed by atoms with Crippen molar-refractivity contribution in [3.8, 4) is 0 Å². The van der Waals surface area contributed by atoms with Crippen LogP contribution >= 0.6 is 0 Å². The Bertz CT molecular complexity index is 1110. The second kappa shape index (κ2) is 13.2. The highest BCUT2D eigenvalue weighted by Crippen LogP contribution is 2.35. The zero-order valence-corrected chi connectivity index (χ0v) is 23.6. The monoisotopic (exact) mass is 534 g/mol. The molecule has 210 valence electrons. The van der Waals surface area contributed by atoms with Gasteiger partial charge in [0.2, 0.25) is 11.8 Å². The lowest BCUT2D eigenvalue weighted by atomic mass is 9.75. The number of piperazine rings is 1. The largest absolute Gasteiger partial charge is 0.353 e. The minimum absolute atomic E-state index is 0.0304. The van der Waals surface area contributed by atoms with Crippen LogP contribution in [0.15, 0.2) is 42.7 Å². The molecular weight excluding hydrogens is 492 g/mol. The molecule has 2 aliphatic rings. The van der Waals surface area contributed by atoms with Gasteiger partial charge in [-0.05, 0) is 65.1 Å². The van der Waals surface area contributed by atoms with Gasteiger partial charge in [-0.2, -0.15) is 0 Å². The van der Waals surface area contributed by atoms with Gasteiger partial charge < -0.3 is 20.0 Å². The Kier molecular flexibility index (Phi) is 9.67. The molecule has 0 atom stereocenters. The SMILES string of the molecule is Cc1cnc(C(=O)N2CCN(C(=O)CCCC(=O)NC3CCC(Cc4ccccc4)(N(C)C)CC3)CC2)cn1. The van der Waals surface area contributed by atoms with Crippen LogP contribution in [0, 0.1) is 6.92 Å².